The lowest BCUT2D eigenvalue weighted by atomic mass is 10.2. The van der Waals surface area contributed by atoms with Crippen LogP contribution >= 0.6 is 11.3 Å². The van der Waals surface area contributed by atoms with Crippen molar-refractivity contribution in [3.05, 3.63) is 51.5 Å². The number of amides is 1. The molecule has 0 fully saturated rings. The van der Waals surface area contributed by atoms with Gasteiger partial charge in [-0.05, 0) is 37.6 Å². The number of thiophene rings is 1. The molecule has 0 spiro atoms. The highest BCUT2D eigenvalue weighted by atomic mass is 32.1. The maximum atomic E-state index is 13.3. The van der Waals surface area contributed by atoms with Gasteiger partial charge in [0, 0.05) is 4.88 Å². The van der Waals surface area contributed by atoms with Gasteiger partial charge in [0.2, 0.25) is 0 Å². The molecule has 2 aromatic rings. The van der Waals surface area contributed by atoms with Crippen molar-refractivity contribution in [2.45, 2.75) is 13.8 Å². The van der Waals surface area contributed by atoms with Gasteiger partial charge in [0.15, 0.2) is 0 Å². The molecule has 1 aromatic carbocycles. The SMILES string of the molecule is Cc1cc(C(=O)Nc2ccccc2F)sc1C. The Morgan fingerprint density at radius 1 is 1.29 bits per heavy atom. The minimum Gasteiger partial charge on any atom is -0.319 e. The number of carbonyl (C=O) groups excluding carboxylic acids is 1. The van der Waals surface area contributed by atoms with Crippen molar-refractivity contribution in [2.24, 2.45) is 0 Å². The second kappa shape index (κ2) is 4.67. The van der Waals surface area contributed by atoms with Crippen molar-refractivity contribution in [3.8, 4) is 0 Å². The summed E-state index contributed by atoms with van der Waals surface area (Å²) < 4.78 is 13.3. The highest BCUT2D eigenvalue weighted by molar-refractivity contribution is 7.14. The van der Waals surface area contributed by atoms with Crippen LogP contribution < -0.4 is 5.32 Å². The molecule has 0 atom stereocenters. The summed E-state index contributed by atoms with van der Waals surface area (Å²) >= 11 is 1.41. The number of anilines is 1. The number of benzene rings is 1. The monoisotopic (exact) mass is 249 g/mol. The number of halogens is 1. The molecule has 0 unspecified atom stereocenters. The largest absolute Gasteiger partial charge is 0.319 e. The maximum Gasteiger partial charge on any atom is 0.265 e. The van der Waals surface area contributed by atoms with Crippen molar-refractivity contribution < 1.29 is 9.18 Å². The van der Waals surface area contributed by atoms with E-state index in [0.717, 1.165) is 10.4 Å². The zero-order valence-electron chi connectivity index (χ0n) is 9.58. The standard InChI is InChI=1S/C13H12FNOS/c1-8-7-12(17-9(8)2)13(16)15-11-6-4-3-5-10(11)14/h3-7H,1-2H3,(H,15,16). The van der Waals surface area contributed by atoms with Crippen LogP contribution in [0.1, 0.15) is 20.1 Å². The molecular formula is C13H12FNOS. The molecule has 1 aromatic heterocycles. The molecule has 0 aliphatic heterocycles. The first-order valence-corrected chi connectivity index (χ1v) is 6.02. The van der Waals surface area contributed by atoms with Crippen molar-refractivity contribution in [1.82, 2.24) is 0 Å². The highest BCUT2D eigenvalue weighted by Gasteiger charge is 2.12. The zero-order chi connectivity index (χ0) is 12.4. The lowest BCUT2D eigenvalue weighted by Gasteiger charge is -2.03. The molecule has 4 heteroatoms. The van der Waals surface area contributed by atoms with Crippen molar-refractivity contribution in [2.75, 3.05) is 5.32 Å². The van der Waals surface area contributed by atoms with Gasteiger partial charge in [-0.25, -0.2) is 4.39 Å². The van der Waals surface area contributed by atoms with Gasteiger partial charge in [-0.1, -0.05) is 12.1 Å². The van der Waals surface area contributed by atoms with Crippen LogP contribution in [0.4, 0.5) is 10.1 Å². The van der Waals surface area contributed by atoms with Crippen LogP contribution in [0, 0.1) is 19.7 Å². The quantitative estimate of drug-likeness (QED) is 0.862. The molecule has 1 N–H and O–H groups in total. The van der Waals surface area contributed by atoms with E-state index in [1.165, 1.54) is 17.4 Å². The Labute approximate surface area is 103 Å². The van der Waals surface area contributed by atoms with Crippen LogP contribution in [0.3, 0.4) is 0 Å². The molecule has 17 heavy (non-hydrogen) atoms. The maximum absolute atomic E-state index is 13.3. The zero-order valence-corrected chi connectivity index (χ0v) is 10.4. The van der Waals surface area contributed by atoms with Crippen LogP contribution in [-0.4, -0.2) is 5.91 Å². The summed E-state index contributed by atoms with van der Waals surface area (Å²) in [5.41, 5.74) is 1.29. The molecule has 0 aliphatic rings. The molecule has 0 saturated carbocycles. The third-order valence-corrected chi connectivity index (χ3v) is 3.66. The summed E-state index contributed by atoms with van der Waals surface area (Å²) in [5, 5.41) is 2.56. The molecule has 0 bridgehead atoms. The summed E-state index contributed by atoms with van der Waals surface area (Å²) in [7, 11) is 0. The predicted octanol–water partition coefficient (Wildman–Crippen LogP) is 3.76. The predicted molar refractivity (Wildman–Crippen MR) is 68.1 cm³/mol. The van der Waals surface area contributed by atoms with Gasteiger partial charge in [-0.2, -0.15) is 0 Å². The van der Waals surface area contributed by atoms with Gasteiger partial charge in [0.1, 0.15) is 5.82 Å². The van der Waals surface area contributed by atoms with Crippen LogP contribution in [0.15, 0.2) is 30.3 Å². The number of aryl methyl sites for hydroxylation is 2. The first-order chi connectivity index (χ1) is 8.08. The Morgan fingerprint density at radius 2 is 2.00 bits per heavy atom. The van der Waals surface area contributed by atoms with Crippen LogP contribution in [0.25, 0.3) is 0 Å². The summed E-state index contributed by atoms with van der Waals surface area (Å²) in [6, 6.07) is 7.95. The van der Waals surface area contributed by atoms with Gasteiger partial charge in [-0.15, -0.1) is 11.3 Å². The van der Waals surface area contributed by atoms with E-state index in [-0.39, 0.29) is 11.6 Å². The molecule has 1 amide bonds. The number of carbonyl (C=O) groups is 1. The van der Waals surface area contributed by atoms with Gasteiger partial charge in [0.05, 0.1) is 10.6 Å². The third kappa shape index (κ3) is 2.53. The minimum atomic E-state index is -0.425. The fourth-order valence-corrected chi connectivity index (χ4v) is 2.36. The van der Waals surface area contributed by atoms with E-state index >= 15 is 0 Å². The molecule has 0 radical (unpaired) electrons. The number of hydrogen-bond donors (Lipinski definition) is 1. The molecule has 88 valence electrons. The Hall–Kier alpha value is -1.68. The summed E-state index contributed by atoms with van der Waals surface area (Å²) in [6.07, 6.45) is 0. The van der Waals surface area contributed by atoms with E-state index < -0.39 is 5.82 Å². The molecule has 0 saturated heterocycles. The third-order valence-electron chi connectivity index (χ3n) is 2.51. The van der Waals surface area contributed by atoms with Gasteiger partial charge in [0.25, 0.3) is 5.91 Å². The molecule has 0 aliphatic carbocycles. The molecule has 2 nitrogen and oxygen atoms in total. The number of hydrogen-bond acceptors (Lipinski definition) is 2. The second-order valence-electron chi connectivity index (χ2n) is 3.78. The number of para-hydroxylation sites is 1. The minimum absolute atomic E-state index is 0.209. The van der Waals surface area contributed by atoms with Crippen molar-refractivity contribution in [3.63, 3.8) is 0 Å². The van der Waals surface area contributed by atoms with Gasteiger partial charge in [-0.3, -0.25) is 4.79 Å². The van der Waals surface area contributed by atoms with Gasteiger partial charge >= 0.3 is 0 Å². The molecule has 2 rings (SSSR count). The van der Waals surface area contributed by atoms with Crippen LogP contribution in [-0.2, 0) is 0 Å². The lowest BCUT2D eigenvalue weighted by Crippen LogP contribution is -2.11. The number of rotatable bonds is 2. The number of nitrogens with one attached hydrogen (secondary N) is 1. The van der Waals surface area contributed by atoms with E-state index in [1.807, 2.05) is 19.9 Å². The summed E-state index contributed by atoms with van der Waals surface area (Å²) in [6.45, 7) is 3.91. The Bertz CT molecular complexity index is 543. The summed E-state index contributed by atoms with van der Waals surface area (Å²) in [5.74, 6) is -0.692. The Morgan fingerprint density at radius 3 is 2.59 bits per heavy atom. The van der Waals surface area contributed by atoms with E-state index in [1.54, 1.807) is 18.2 Å². The van der Waals surface area contributed by atoms with Crippen LogP contribution in [0.2, 0.25) is 0 Å². The molecular weight excluding hydrogens is 237 g/mol. The fraction of sp³-hybridized carbons (Fsp3) is 0.154. The Balaban J connectivity index is 2.20. The second-order valence-corrected chi connectivity index (χ2v) is 5.04. The van der Waals surface area contributed by atoms with Crippen molar-refractivity contribution in [1.29, 1.82) is 0 Å². The topological polar surface area (TPSA) is 29.1 Å². The lowest BCUT2D eigenvalue weighted by molar-refractivity contribution is 0.103. The van der Waals surface area contributed by atoms with Crippen molar-refractivity contribution >= 4 is 22.9 Å². The van der Waals surface area contributed by atoms with Gasteiger partial charge < -0.3 is 5.32 Å². The van der Waals surface area contributed by atoms with E-state index in [9.17, 15) is 9.18 Å². The average Bonchev–Trinajstić information content (AvgIpc) is 2.63. The van der Waals surface area contributed by atoms with E-state index in [0.29, 0.717) is 4.88 Å². The Kier molecular flexibility index (Phi) is 3.24. The smallest absolute Gasteiger partial charge is 0.265 e. The summed E-state index contributed by atoms with van der Waals surface area (Å²) in [4.78, 5) is 13.6. The van der Waals surface area contributed by atoms with E-state index in [4.69, 9.17) is 0 Å². The average molecular weight is 249 g/mol. The van der Waals surface area contributed by atoms with E-state index in [2.05, 4.69) is 5.32 Å². The first kappa shape index (κ1) is 11.8. The highest BCUT2D eigenvalue weighted by Crippen LogP contribution is 2.22. The fourth-order valence-electron chi connectivity index (χ4n) is 1.43. The molecule has 1 heterocycles. The first-order valence-electron chi connectivity index (χ1n) is 5.21. The normalized spacial score (nSPS) is 10.3. The van der Waals surface area contributed by atoms with Crippen LogP contribution in [0.5, 0.6) is 0 Å².